The average Bonchev–Trinajstić information content (AvgIpc) is 2.98. The van der Waals surface area contributed by atoms with E-state index in [-0.39, 0.29) is 11.7 Å². The van der Waals surface area contributed by atoms with E-state index in [4.69, 9.17) is 0 Å². The zero-order chi connectivity index (χ0) is 12.3. The van der Waals surface area contributed by atoms with E-state index in [0.29, 0.717) is 5.41 Å². The molecule has 17 heavy (non-hydrogen) atoms. The first-order chi connectivity index (χ1) is 8.19. The molecular formula is C12H20N4O. The molecule has 1 aliphatic carbocycles. The van der Waals surface area contributed by atoms with Gasteiger partial charge in [0.05, 0.1) is 0 Å². The molecule has 0 saturated heterocycles. The summed E-state index contributed by atoms with van der Waals surface area (Å²) in [6, 6.07) is 0. The number of aromatic amines is 1. The minimum Gasteiger partial charge on any atom is -0.349 e. The lowest BCUT2D eigenvalue weighted by Gasteiger charge is -2.11. The number of aryl methyl sites for hydroxylation is 1. The second-order valence-electron chi connectivity index (χ2n) is 4.89. The molecule has 1 aliphatic rings. The Labute approximate surface area is 101 Å². The van der Waals surface area contributed by atoms with Crippen LogP contribution in [0.15, 0.2) is 0 Å². The monoisotopic (exact) mass is 236 g/mol. The van der Waals surface area contributed by atoms with Gasteiger partial charge in [-0.15, -0.1) is 5.10 Å². The Morgan fingerprint density at radius 3 is 2.82 bits per heavy atom. The number of carbonyl (C=O) groups is 1. The molecule has 0 aromatic carbocycles. The van der Waals surface area contributed by atoms with Gasteiger partial charge in [0.25, 0.3) is 5.91 Å². The Morgan fingerprint density at radius 2 is 2.24 bits per heavy atom. The maximum absolute atomic E-state index is 11.8. The number of hydrogen-bond donors (Lipinski definition) is 2. The zero-order valence-electron chi connectivity index (χ0n) is 10.5. The molecule has 2 rings (SSSR count). The fourth-order valence-corrected chi connectivity index (χ4v) is 1.92. The van der Waals surface area contributed by atoms with Gasteiger partial charge in [-0.3, -0.25) is 9.89 Å². The van der Waals surface area contributed by atoms with Crippen LogP contribution in [0.25, 0.3) is 0 Å². The molecule has 1 fully saturated rings. The summed E-state index contributed by atoms with van der Waals surface area (Å²) in [5.41, 5.74) is 0.359. The lowest BCUT2D eigenvalue weighted by molar-refractivity contribution is 0.0934. The van der Waals surface area contributed by atoms with Crippen molar-refractivity contribution >= 4 is 5.91 Å². The van der Waals surface area contributed by atoms with Gasteiger partial charge >= 0.3 is 0 Å². The van der Waals surface area contributed by atoms with Gasteiger partial charge in [-0.2, -0.15) is 0 Å². The first-order valence-corrected chi connectivity index (χ1v) is 6.38. The van der Waals surface area contributed by atoms with Gasteiger partial charge < -0.3 is 5.32 Å². The Bertz CT molecular complexity index is 395. The van der Waals surface area contributed by atoms with Gasteiger partial charge in [0.15, 0.2) is 0 Å². The largest absolute Gasteiger partial charge is 0.349 e. The van der Waals surface area contributed by atoms with E-state index in [9.17, 15) is 4.79 Å². The van der Waals surface area contributed by atoms with Crippen LogP contribution >= 0.6 is 0 Å². The van der Waals surface area contributed by atoms with E-state index in [1.54, 1.807) is 0 Å². The highest BCUT2D eigenvalue weighted by molar-refractivity contribution is 5.90. The van der Waals surface area contributed by atoms with Crippen molar-refractivity contribution < 1.29 is 4.79 Å². The summed E-state index contributed by atoms with van der Waals surface area (Å²) in [5, 5.41) is 9.65. The molecule has 0 atom stereocenters. The topological polar surface area (TPSA) is 70.7 Å². The second kappa shape index (κ2) is 4.85. The molecular weight excluding hydrogens is 216 g/mol. The molecule has 1 aromatic heterocycles. The standard InChI is InChI=1S/C12H20N4O/c1-3-5-9-14-10(16-15-9)11(17)13-8-12(4-2)6-7-12/h3-8H2,1-2H3,(H,13,17)(H,14,15,16). The zero-order valence-corrected chi connectivity index (χ0v) is 10.5. The van der Waals surface area contributed by atoms with E-state index in [2.05, 4.69) is 34.3 Å². The van der Waals surface area contributed by atoms with Crippen molar-refractivity contribution in [1.82, 2.24) is 20.5 Å². The fraction of sp³-hybridized carbons (Fsp3) is 0.750. The van der Waals surface area contributed by atoms with Crippen molar-refractivity contribution in [3.05, 3.63) is 11.6 Å². The molecule has 0 bridgehead atoms. The van der Waals surface area contributed by atoms with Crippen LogP contribution in [0.5, 0.6) is 0 Å². The number of hydrogen-bond acceptors (Lipinski definition) is 3. The molecule has 1 amide bonds. The summed E-state index contributed by atoms with van der Waals surface area (Å²) in [7, 11) is 0. The molecule has 0 unspecified atom stereocenters. The highest BCUT2D eigenvalue weighted by atomic mass is 16.2. The third-order valence-corrected chi connectivity index (χ3v) is 3.55. The van der Waals surface area contributed by atoms with Crippen LogP contribution in [-0.2, 0) is 6.42 Å². The van der Waals surface area contributed by atoms with Crippen LogP contribution in [0.1, 0.15) is 56.0 Å². The summed E-state index contributed by atoms with van der Waals surface area (Å²) in [5.74, 6) is 0.887. The first kappa shape index (κ1) is 12.1. The molecule has 5 nitrogen and oxygen atoms in total. The summed E-state index contributed by atoms with van der Waals surface area (Å²) >= 11 is 0. The van der Waals surface area contributed by atoms with Crippen LogP contribution in [0.3, 0.4) is 0 Å². The number of H-pyrrole nitrogens is 1. The predicted molar refractivity (Wildman–Crippen MR) is 64.7 cm³/mol. The van der Waals surface area contributed by atoms with Crippen LogP contribution in [0, 0.1) is 5.41 Å². The van der Waals surface area contributed by atoms with Crippen molar-refractivity contribution in [3.63, 3.8) is 0 Å². The molecule has 94 valence electrons. The normalized spacial score (nSPS) is 16.8. The number of amides is 1. The Balaban J connectivity index is 1.86. The highest BCUT2D eigenvalue weighted by Crippen LogP contribution is 2.47. The van der Waals surface area contributed by atoms with Crippen molar-refractivity contribution in [2.24, 2.45) is 5.41 Å². The van der Waals surface area contributed by atoms with Crippen LogP contribution in [-0.4, -0.2) is 27.6 Å². The molecule has 1 aromatic rings. The molecule has 0 aliphatic heterocycles. The van der Waals surface area contributed by atoms with E-state index in [0.717, 1.165) is 31.6 Å². The smallest absolute Gasteiger partial charge is 0.290 e. The van der Waals surface area contributed by atoms with E-state index < -0.39 is 0 Å². The number of aromatic nitrogens is 3. The Hall–Kier alpha value is -1.39. The van der Waals surface area contributed by atoms with Gasteiger partial charge in [0.1, 0.15) is 5.82 Å². The number of carbonyl (C=O) groups excluding carboxylic acids is 1. The van der Waals surface area contributed by atoms with Crippen LogP contribution < -0.4 is 5.32 Å². The SMILES string of the molecule is CCCc1nc(C(=O)NCC2(CC)CC2)n[nH]1. The van der Waals surface area contributed by atoms with Crippen molar-refractivity contribution in [3.8, 4) is 0 Å². The summed E-state index contributed by atoms with van der Waals surface area (Å²) in [4.78, 5) is 16.0. The molecule has 1 saturated carbocycles. The lowest BCUT2D eigenvalue weighted by atomic mass is 10.0. The second-order valence-corrected chi connectivity index (χ2v) is 4.89. The average molecular weight is 236 g/mol. The molecule has 0 radical (unpaired) electrons. The maximum atomic E-state index is 11.8. The van der Waals surface area contributed by atoms with E-state index >= 15 is 0 Å². The number of nitrogens with one attached hydrogen (secondary N) is 2. The van der Waals surface area contributed by atoms with Gasteiger partial charge in [0, 0.05) is 13.0 Å². The highest BCUT2D eigenvalue weighted by Gasteiger charge is 2.40. The van der Waals surface area contributed by atoms with E-state index in [1.165, 1.54) is 12.8 Å². The Kier molecular flexibility index (Phi) is 3.45. The molecule has 5 heteroatoms. The third-order valence-electron chi connectivity index (χ3n) is 3.55. The third kappa shape index (κ3) is 2.84. The van der Waals surface area contributed by atoms with Crippen molar-refractivity contribution in [1.29, 1.82) is 0 Å². The summed E-state index contributed by atoms with van der Waals surface area (Å²) < 4.78 is 0. The van der Waals surface area contributed by atoms with Crippen molar-refractivity contribution in [2.45, 2.75) is 46.0 Å². The maximum Gasteiger partial charge on any atom is 0.290 e. The van der Waals surface area contributed by atoms with E-state index in [1.807, 2.05) is 0 Å². The predicted octanol–water partition coefficient (Wildman–Crippen LogP) is 1.68. The quantitative estimate of drug-likeness (QED) is 0.789. The van der Waals surface area contributed by atoms with Gasteiger partial charge in [-0.25, -0.2) is 4.98 Å². The van der Waals surface area contributed by atoms with Gasteiger partial charge in [-0.1, -0.05) is 13.8 Å². The fourth-order valence-electron chi connectivity index (χ4n) is 1.92. The van der Waals surface area contributed by atoms with Gasteiger partial charge in [0.2, 0.25) is 5.82 Å². The number of nitrogens with zero attached hydrogens (tertiary/aromatic N) is 2. The molecule has 0 spiro atoms. The number of rotatable bonds is 6. The minimum absolute atomic E-state index is 0.164. The first-order valence-electron chi connectivity index (χ1n) is 6.38. The van der Waals surface area contributed by atoms with Gasteiger partial charge in [-0.05, 0) is 31.1 Å². The van der Waals surface area contributed by atoms with Crippen LogP contribution in [0.4, 0.5) is 0 Å². The molecule has 2 N–H and O–H groups in total. The molecule has 1 heterocycles. The lowest BCUT2D eigenvalue weighted by Crippen LogP contribution is -2.30. The van der Waals surface area contributed by atoms with Crippen LogP contribution in [0.2, 0.25) is 0 Å². The minimum atomic E-state index is -0.164. The summed E-state index contributed by atoms with van der Waals surface area (Å²) in [6.45, 7) is 4.99. The van der Waals surface area contributed by atoms with Crippen molar-refractivity contribution in [2.75, 3.05) is 6.54 Å². The Morgan fingerprint density at radius 1 is 1.47 bits per heavy atom. The summed E-state index contributed by atoms with van der Waals surface area (Å²) in [6.07, 6.45) is 5.40.